The molecule has 0 atom stereocenters. The molecule has 0 unspecified atom stereocenters. The average molecular weight is 295 g/mol. The number of carboxylic acids is 1. The van der Waals surface area contributed by atoms with Gasteiger partial charge >= 0.3 is 12.0 Å². The Morgan fingerprint density at radius 2 is 2.19 bits per heavy atom. The number of nitrogens with zero attached hydrogens (tertiary/aromatic N) is 2. The lowest BCUT2D eigenvalue weighted by atomic mass is 9.94. The number of aryl methyl sites for hydroxylation is 1. The van der Waals surface area contributed by atoms with Crippen LogP contribution in [0.3, 0.4) is 0 Å². The van der Waals surface area contributed by atoms with Gasteiger partial charge in [-0.25, -0.2) is 9.78 Å². The zero-order valence-corrected chi connectivity index (χ0v) is 12.2. The molecule has 21 heavy (non-hydrogen) atoms. The SMILES string of the molecule is CCc1cnc(CNC(=O)N2CCC(CC(=O)O)CC2)o1. The maximum Gasteiger partial charge on any atom is 0.317 e. The smallest absolute Gasteiger partial charge is 0.317 e. The Morgan fingerprint density at radius 3 is 2.76 bits per heavy atom. The number of amides is 2. The summed E-state index contributed by atoms with van der Waals surface area (Å²) in [5.74, 6) is 0.702. The van der Waals surface area contributed by atoms with Crippen LogP contribution < -0.4 is 5.32 Å². The third-order valence-corrected chi connectivity index (χ3v) is 3.71. The van der Waals surface area contributed by atoms with Crippen LogP contribution in [0.1, 0.15) is 37.8 Å². The van der Waals surface area contributed by atoms with E-state index >= 15 is 0 Å². The van der Waals surface area contributed by atoms with Crippen molar-refractivity contribution in [3.63, 3.8) is 0 Å². The van der Waals surface area contributed by atoms with Crippen molar-refractivity contribution in [2.24, 2.45) is 5.92 Å². The number of urea groups is 1. The minimum atomic E-state index is -0.770. The summed E-state index contributed by atoms with van der Waals surface area (Å²) in [6.07, 6.45) is 4.10. The van der Waals surface area contributed by atoms with E-state index in [1.165, 1.54) is 0 Å². The van der Waals surface area contributed by atoms with Gasteiger partial charge in [-0.05, 0) is 18.8 Å². The first-order valence-electron chi connectivity index (χ1n) is 7.26. The monoisotopic (exact) mass is 295 g/mol. The Bertz CT molecular complexity index is 492. The number of rotatable bonds is 5. The number of hydrogen-bond acceptors (Lipinski definition) is 4. The first kappa shape index (κ1) is 15.3. The molecule has 1 fully saturated rings. The second-order valence-electron chi connectivity index (χ2n) is 5.26. The number of piperidine rings is 1. The van der Waals surface area contributed by atoms with Gasteiger partial charge in [-0.2, -0.15) is 0 Å². The summed E-state index contributed by atoms with van der Waals surface area (Å²) < 4.78 is 5.42. The minimum absolute atomic E-state index is 0.153. The molecular weight excluding hydrogens is 274 g/mol. The molecule has 2 amide bonds. The van der Waals surface area contributed by atoms with Crippen molar-refractivity contribution in [1.29, 1.82) is 0 Å². The summed E-state index contributed by atoms with van der Waals surface area (Å²) in [4.78, 5) is 28.5. The molecule has 1 aromatic heterocycles. The quantitative estimate of drug-likeness (QED) is 0.860. The van der Waals surface area contributed by atoms with Gasteiger partial charge in [0.05, 0.1) is 12.7 Å². The normalized spacial score (nSPS) is 16.0. The van der Waals surface area contributed by atoms with Crippen molar-refractivity contribution in [1.82, 2.24) is 15.2 Å². The van der Waals surface area contributed by atoms with Crippen LogP contribution in [0.15, 0.2) is 10.6 Å². The molecule has 1 saturated heterocycles. The number of likely N-dealkylation sites (tertiary alicyclic amines) is 1. The lowest BCUT2D eigenvalue weighted by Gasteiger charge is -2.31. The first-order valence-corrected chi connectivity index (χ1v) is 7.26. The second-order valence-corrected chi connectivity index (χ2v) is 5.26. The fourth-order valence-corrected chi connectivity index (χ4v) is 2.44. The first-order chi connectivity index (χ1) is 10.1. The second kappa shape index (κ2) is 7.10. The third kappa shape index (κ3) is 4.47. The molecule has 1 aromatic rings. The molecule has 0 saturated carbocycles. The van der Waals surface area contributed by atoms with E-state index in [9.17, 15) is 9.59 Å². The summed E-state index contributed by atoms with van der Waals surface area (Å²) in [5.41, 5.74) is 0. The molecule has 1 aliphatic heterocycles. The fraction of sp³-hybridized carbons (Fsp3) is 0.643. The number of hydrogen-bond donors (Lipinski definition) is 2. The van der Waals surface area contributed by atoms with Gasteiger partial charge in [0.1, 0.15) is 5.76 Å². The lowest BCUT2D eigenvalue weighted by molar-refractivity contribution is -0.138. The highest BCUT2D eigenvalue weighted by molar-refractivity contribution is 5.74. The molecule has 116 valence electrons. The van der Waals surface area contributed by atoms with Gasteiger partial charge in [-0.15, -0.1) is 0 Å². The Labute approximate surface area is 123 Å². The van der Waals surface area contributed by atoms with Gasteiger partial charge in [0, 0.05) is 25.9 Å². The Morgan fingerprint density at radius 1 is 1.48 bits per heavy atom. The van der Waals surface area contributed by atoms with E-state index in [1.54, 1.807) is 11.1 Å². The van der Waals surface area contributed by atoms with Crippen molar-refractivity contribution in [2.45, 2.75) is 39.2 Å². The molecule has 0 spiro atoms. The molecule has 7 nitrogen and oxygen atoms in total. The lowest BCUT2D eigenvalue weighted by Crippen LogP contribution is -2.44. The molecular formula is C14H21N3O4. The summed E-state index contributed by atoms with van der Waals surface area (Å²) in [7, 11) is 0. The zero-order valence-electron chi connectivity index (χ0n) is 12.2. The molecule has 0 bridgehead atoms. The van der Waals surface area contributed by atoms with E-state index in [2.05, 4.69) is 10.3 Å². The molecule has 0 radical (unpaired) electrons. The van der Waals surface area contributed by atoms with Gasteiger partial charge in [-0.1, -0.05) is 6.92 Å². The van der Waals surface area contributed by atoms with Crippen LogP contribution in [0.5, 0.6) is 0 Å². The highest BCUT2D eigenvalue weighted by Gasteiger charge is 2.24. The Balaban J connectivity index is 1.73. The van der Waals surface area contributed by atoms with E-state index < -0.39 is 5.97 Å². The fourth-order valence-electron chi connectivity index (χ4n) is 2.44. The maximum atomic E-state index is 12.0. The molecule has 0 aromatic carbocycles. The molecule has 2 rings (SSSR count). The van der Waals surface area contributed by atoms with Crippen LogP contribution in [0, 0.1) is 5.92 Å². The molecule has 7 heteroatoms. The van der Waals surface area contributed by atoms with Crippen LogP contribution in [-0.2, 0) is 17.8 Å². The van der Waals surface area contributed by atoms with E-state index in [1.807, 2.05) is 6.92 Å². The summed E-state index contributed by atoms with van der Waals surface area (Å²) in [6.45, 7) is 3.43. The standard InChI is InChI=1S/C14H21N3O4/c1-2-11-8-15-12(21-11)9-16-14(20)17-5-3-10(4-6-17)7-13(18)19/h8,10H,2-7,9H2,1H3,(H,16,20)(H,18,19). The Hall–Kier alpha value is -2.05. The van der Waals surface area contributed by atoms with Gasteiger partial charge in [0.2, 0.25) is 5.89 Å². The highest BCUT2D eigenvalue weighted by atomic mass is 16.4. The van der Waals surface area contributed by atoms with E-state index in [0.29, 0.717) is 19.0 Å². The van der Waals surface area contributed by atoms with E-state index in [4.69, 9.17) is 9.52 Å². The highest BCUT2D eigenvalue weighted by Crippen LogP contribution is 2.20. The average Bonchev–Trinajstić information content (AvgIpc) is 2.93. The number of carbonyl (C=O) groups excluding carboxylic acids is 1. The number of carboxylic acid groups (broad SMARTS) is 1. The number of oxazole rings is 1. The van der Waals surface area contributed by atoms with Gasteiger partial charge in [-0.3, -0.25) is 4.79 Å². The molecule has 0 aliphatic carbocycles. The van der Waals surface area contributed by atoms with Crippen molar-refractivity contribution in [2.75, 3.05) is 13.1 Å². The van der Waals surface area contributed by atoms with Crippen LogP contribution >= 0.6 is 0 Å². The van der Waals surface area contributed by atoms with Gasteiger partial charge in [0.15, 0.2) is 0 Å². The molecule has 1 aliphatic rings. The predicted molar refractivity (Wildman–Crippen MR) is 74.7 cm³/mol. The summed E-state index contributed by atoms with van der Waals surface area (Å²) >= 11 is 0. The predicted octanol–water partition coefficient (Wildman–Crippen LogP) is 1.63. The largest absolute Gasteiger partial charge is 0.481 e. The molecule has 2 N–H and O–H groups in total. The summed E-state index contributed by atoms with van der Waals surface area (Å²) in [5, 5.41) is 11.5. The zero-order chi connectivity index (χ0) is 15.2. The van der Waals surface area contributed by atoms with Gasteiger partial charge < -0.3 is 19.7 Å². The van der Waals surface area contributed by atoms with Crippen LogP contribution in [0.4, 0.5) is 4.79 Å². The summed E-state index contributed by atoms with van der Waals surface area (Å²) in [6, 6.07) is -0.153. The molecule has 2 heterocycles. The number of carbonyl (C=O) groups is 2. The van der Waals surface area contributed by atoms with Crippen molar-refractivity contribution < 1.29 is 19.1 Å². The number of nitrogens with one attached hydrogen (secondary N) is 1. The topological polar surface area (TPSA) is 95.7 Å². The number of aromatic nitrogens is 1. The van der Waals surface area contributed by atoms with Crippen molar-refractivity contribution in [3.05, 3.63) is 17.8 Å². The van der Waals surface area contributed by atoms with E-state index in [-0.39, 0.29) is 24.9 Å². The third-order valence-electron chi connectivity index (χ3n) is 3.71. The minimum Gasteiger partial charge on any atom is -0.481 e. The van der Waals surface area contributed by atoms with Crippen LogP contribution in [-0.4, -0.2) is 40.1 Å². The van der Waals surface area contributed by atoms with Crippen molar-refractivity contribution >= 4 is 12.0 Å². The van der Waals surface area contributed by atoms with E-state index in [0.717, 1.165) is 25.0 Å². The van der Waals surface area contributed by atoms with Gasteiger partial charge in [0.25, 0.3) is 0 Å². The maximum absolute atomic E-state index is 12.0. The van der Waals surface area contributed by atoms with Crippen LogP contribution in [0.25, 0.3) is 0 Å². The van der Waals surface area contributed by atoms with Crippen LogP contribution in [0.2, 0.25) is 0 Å². The van der Waals surface area contributed by atoms with Crippen molar-refractivity contribution in [3.8, 4) is 0 Å². The Kier molecular flexibility index (Phi) is 5.19. The number of aliphatic carboxylic acids is 1.